The van der Waals surface area contributed by atoms with E-state index in [1.807, 2.05) is 13.8 Å². The minimum absolute atomic E-state index is 0.0442. The van der Waals surface area contributed by atoms with Crippen molar-refractivity contribution in [3.63, 3.8) is 0 Å². The van der Waals surface area contributed by atoms with Gasteiger partial charge < -0.3 is 74.5 Å². The number of hydrogen-bond acceptors (Lipinski definition) is 14. The lowest BCUT2D eigenvalue weighted by molar-refractivity contribution is -0.143. The zero-order chi connectivity index (χ0) is 59.3. The first-order valence-electron chi connectivity index (χ1n) is 26.0. The molecule has 0 bridgehead atoms. The Hall–Kier alpha value is -7.74. The minimum atomic E-state index is -1.70. The number of nitrogens with one attached hydrogen (secondary N) is 10. The van der Waals surface area contributed by atoms with Gasteiger partial charge in [-0.2, -0.15) is 12.6 Å². The van der Waals surface area contributed by atoms with Crippen molar-refractivity contribution in [2.45, 2.75) is 148 Å². The molecule has 10 atom stereocenters. The smallest absolute Gasteiger partial charge is 0.326 e. The van der Waals surface area contributed by atoms with Gasteiger partial charge in [0.05, 0.1) is 19.0 Å². The van der Waals surface area contributed by atoms with Crippen LogP contribution in [0.1, 0.15) is 92.2 Å². The van der Waals surface area contributed by atoms with Gasteiger partial charge in [0.15, 0.2) is 0 Å². The van der Waals surface area contributed by atoms with E-state index in [-0.39, 0.29) is 49.0 Å². The van der Waals surface area contributed by atoms with E-state index in [1.54, 1.807) is 70.3 Å². The van der Waals surface area contributed by atoms with E-state index in [2.05, 4.69) is 65.5 Å². The van der Waals surface area contributed by atoms with E-state index in [4.69, 9.17) is 11.5 Å². The fourth-order valence-corrected chi connectivity index (χ4v) is 8.35. The molecule has 16 N–H and O–H groups in total. The van der Waals surface area contributed by atoms with Crippen molar-refractivity contribution in [1.82, 2.24) is 52.8 Å². The summed E-state index contributed by atoms with van der Waals surface area (Å²) in [5.41, 5.74) is 13.6. The number of nitrogens with two attached hydrogens (primary N) is 2. The van der Waals surface area contributed by atoms with Crippen LogP contribution in [-0.4, -0.2) is 147 Å². The van der Waals surface area contributed by atoms with Crippen LogP contribution in [0, 0.1) is 17.8 Å². The Morgan fingerprint density at radius 3 is 1.71 bits per heavy atom. The van der Waals surface area contributed by atoms with Crippen molar-refractivity contribution >= 4 is 88.6 Å². The van der Waals surface area contributed by atoms with Gasteiger partial charge >= 0.3 is 5.97 Å². The van der Waals surface area contributed by atoms with Crippen LogP contribution in [0.5, 0.6) is 5.75 Å². The molecule has 0 aliphatic carbocycles. The van der Waals surface area contributed by atoms with Crippen LogP contribution in [0.2, 0.25) is 0 Å². The number of carboxylic acids is 1. The summed E-state index contributed by atoms with van der Waals surface area (Å²) in [4.78, 5) is 149. The molecular weight excluding hydrogens is 1040 g/mol. The summed E-state index contributed by atoms with van der Waals surface area (Å²) >= 11 is 4.15. The number of aliphatic carboxylic acids is 1. The lowest BCUT2D eigenvalue weighted by Gasteiger charge is -2.29. The van der Waals surface area contributed by atoms with Crippen LogP contribution in [0.15, 0.2) is 54.7 Å². The molecular formula is C53H78N12O13S. The maximum Gasteiger partial charge on any atom is 0.326 e. The van der Waals surface area contributed by atoms with Crippen LogP contribution in [0.25, 0.3) is 10.9 Å². The van der Waals surface area contributed by atoms with E-state index in [0.717, 1.165) is 0 Å². The molecule has 26 heteroatoms. The number of aromatic hydroxyl groups is 1. The molecule has 0 spiro atoms. The number of phenols is 1. The Kier molecular flexibility index (Phi) is 26.2. The fourth-order valence-electron chi connectivity index (χ4n) is 8.09. The third-order valence-electron chi connectivity index (χ3n) is 12.7. The third-order valence-corrected chi connectivity index (χ3v) is 13.1. The molecule has 0 aliphatic rings. The predicted molar refractivity (Wildman–Crippen MR) is 295 cm³/mol. The molecule has 0 radical (unpaired) electrons. The number of carbonyl (C=O) groups is 11. The number of primary amides is 1. The number of H-pyrrole nitrogens is 1. The Bertz CT molecular complexity index is 2630. The van der Waals surface area contributed by atoms with Gasteiger partial charge in [0, 0.05) is 29.3 Å². The quantitative estimate of drug-likeness (QED) is 0.0336. The number of amides is 10. The number of aromatic nitrogens is 1. The van der Waals surface area contributed by atoms with Crippen LogP contribution in [-0.2, 0) is 65.6 Å². The lowest BCUT2D eigenvalue weighted by Crippen LogP contribution is -2.61. The summed E-state index contributed by atoms with van der Waals surface area (Å²) in [5, 5.41) is 42.5. The van der Waals surface area contributed by atoms with Crippen molar-refractivity contribution in [2.24, 2.45) is 29.2 Å². The van der Waals surface area contributed by atoms with Crippen LogP contribution < -0.4 is 59.3 Å². The van der Waals surface area contributed by atoms with Crippen LogP contribution >= 0.6 is 12.6 Å². The average molecular weight is 1120 g/mol. The molecule has 1 heterocycles. The van der Waals surface area contributed by atoms with E-state index >= 15 is 0 Å². The summed E-state index contributed by atoms with van der Waals surface area (Å²) in [7, 11) is 0. The zero-order valence-electron chi connectivity index (χ0n) is 45.8. The van der Waals surface area contributed by atoms with Gasteiger partial charge in [0.1, 0.15) is 54.1 Å². The molecule has 79 heavy (non-hydrogen) atoms. The molecule has 0 fully saturated rings. The molecule has 1 aromatic heterocycles. The molecule has 0 aliphatic heterocycles. The summed E-state index contributed by atoms with van der Waals surface area (Å²) < 4.78 is 0. The van der Waals surface area contributed by atoms with Gasteiger partial charge in [-0.1, -0.05) is 78.3 Å². The molecule has 0 saturated heterocycles. The molecule has 25 nitrogen and oxygen atoms in total. The van der Waals surface area contributed by atoms with Crippen molar-refractivity contribution < 1.29 is 63.0 Å². The van der Waals surface area contributed by atoms with Crippen molar-refractivity contribution in [1.29, 1.82) is 0 Å². The molecule has 3 aromatic rings. The number of rotatable bonds is 32. The van der Waals surface area contributed by atoms with Crippen LogP contribution in [0.4, 0.5) is 0 Å². The minimum Gasteiger partial charge on any atom is -0.508 e. The van der Waals surface area contributed by atoms with Gasteiger partial charge in [0.2, 0.25) is 59.1 Å². The van der Waals surface area contributed by atoms with E-state index in [9.17, 15) is 63.0 Å². The van der Waals surface area contributed by atoms with Crippen LogP contribution in [0.3, 0.4) is 0 Å². The fraction of sp³-hybridized carbons (Fsp3) is 0.528. The monoisotopic (exact) mass is 1120 g/mol. The second-order valence-electron chi connectivity index (χ2n) is 20.4. The molecule has 3 rings (SSSR count). The van der Waals surface area contributed by atoms with Gasteiger partial charge in [-0.3, -0.25) is 47.9 Å². The molecule has 0 saturated carbocycles. The normalized spacial score (nSPS) is 15.0. The lowest BCUT2D eigenvalue weighted by atomic mass is 9.96. The van der Waals surface area contributed by atoms with Gasteiger partial charge in [0.25, 0.3) is 0 Å². The number of para-hydroxylation sites is 1. The highest BCUT2D eigenvalue weighted by molar-refractivity contribution is 7.80. The maximum absolute atomic E-state index is 14.3. The Morgan fingerprint density at radius 2 is 1.13 bits per heavy atom. The van der Waals surface area contributed by atoms with Gasteiger partial charge in [-0.05, 0) is 80.2 Å². The maximum atomic E-state index is 14.3. The summed E-state index contributed by atoms with van der Waals surface area (Å²) in [6.45, 7) is 12.6. The standard InChI is InChI=1S/C53H78N12O13S/c1-9-28(6)44(52(76)64-40(53(77)78)19-27(4)5)65-50(74)38(21-32-23-56-36-13-11-10-12-34(32)36)63-49(73)39(22-42(55)67)61-46(70)30(8)58-45(69)29(7)59-51(75)41(25-79)60-43(68)24-57-48(72)37(18-26(2)3)62-47(71)35(54)20-31-14-16-33(66)17-15-31/h10-17,23,26-30,35,37-41,44,56,66,79H,9,18-22,24-25,54H2,1-8H3,(H2,55,67)(H,57,72)(H,58,69)(H,59,75)(H,60,68)(H,61,70)(H,62,71)(H,63,73)(H,64,76)(H,65,74)(H,77,78)/t28-,29-,30-,35-,37-,38-,39-,40-,41-,44-/m0/s1. The van der Waals surface area contributed by atoms with Crippen molar-refractivity contribution in [2.75, 3.05) is 12.3 Å². The first-order valence-corrected chi connectivity index (χ1v) is 26.7. The van der Waals surface area contributed by atoms with E-state index in [0.29, 0.717) is 28.5 Å². The van der Waals surface area contributed by atoms with Gasteiger partial charge in [-0.15, -0.1) is 0 Å². The topological polar surface area (TPSA) is 404 Å². The molecule has 10 amide bonds. The number of phenolic OH excluding ortho intramolecular Hbond substituents is 1. The number of benzene rings is 2. The first kappa shape index (κ1) is 65.5. The largest absolute Gasteiger partial charge is 0.508 e. The Morgan fingerprint density at radius 1 is 0.595 bits per heavy atom. The Balaban J connectivity index is 1.67. The van der Waals surface area contributed by atoms with Crippen molar-refractivity contribution in [3.05, 3.63) is 65.9 Å². The summed E-state index contributed by atoms with van der Waals surface area (Å²) in [6.07, 6.45) is 1.53. The summed E-state index contributed by atoms with van der Waals surface area (Å²) in [6, 6.07) is 1.44. The average Bonchev–Trinajstić information content (AvgIpc) is 3.82. The number of hydrogen-bond donors (Lipinski definition) is 15. The zero-order valence-corrected chi connectivity index (χ0v) is 46.7. The SMILES string of the molecule is CC[C@H](C)[C@H](NC(=O)[C@H](Cc1c[nH]c2ccccc12)NC(=O)[C@H](CC(N)=O)NC(=O)[C@H](C)NC(=O)[C@H](C)NC(=O)[C@H](CS)NC(=O)CNC(=O)[C@H](CC(C)C)NC(=O)[C@@H](N)Cc1ccc(O)cc1)C(=O)N[C@@H](CC(C)C)C(=O)O. The number of carboxylic acid groups (broad SMARTS) is 1. The Labute approximate surface area is 464 Å². The molecule has 0 unspecified atom stereocenters. The van der Waals surface area contributed by atoms with Gasteiger partial charge in [-0.25, -0.2) is 4.79 Å². The first-order chi connectivity index (χ1) is 37.1. The predicted octanol–water partition coefficient (Wildman–Crippen LogP) is -0.952. The number of thiol groups is 1. The summed E-state index contributed by atoms with van der Waals surface area (Å²) in [5.74, 6) is -10.7. The molecule has 2 aromatic carbocycles. The number of carbonyl (C=O) groups excluding carboxylic acids is 10. The molecule has 434 valence electrons. The highest BCUT2D eigenvalue weighted by Crippen LogP contribution is 2.20. The highest BCUT2D eigenvalue weighted by Gasteiger charge is 2.36. The second kappa shape index (κ2) is 31.6. The highest BCUT2D eigenvalue weighted by atomic mass is 32.1. The number of fused-ring (bicyclic) bond motifs is 1. The van der Waals surface area contributed by atoms with E-state index < -0.39 is 138 Å². The van der Waals surface area contributed by atoms with Crippen molar-refractivity contribution in [3.8, 4) is 5.75 Å². The number of aromatic amines is 1. The van der Waals surface area contributed by atoms with E-state index in [1.165, 1.54) is 26.0 Å². The third kappa shape index (κ3) is 21.5. The second-order valence-corrected chi connectivity index (χ2v) is 20.8.